The lowest BCUT2D eigenvalue weighted by molar-refractivity contribution is -0.124. The van der Waals surface area contributed by atoms with Gasteiger partial charge in [-0.3, -0.25) is 9.89 Å². The van der Waals surface area contributed by atoms with Gasteiger partial charge in [0.15, 0.2) is 5.82 Å². The van der Waals surface area contributed by atoms with Crippen molar-refractivity contribution in [3.63, 3.8) is 0 Å². The predicted octanol–water partition coefficient (Wildman–Crippen LogP) is 2.83. The number of carbonyl (C=O) groups excluding carboxylic acids is 1. The molecule has 4 saturated carbocycles. The van der Waals surface area contributed by atoms with Crippen LogP contribution in [0.3, 0.4) is 0 Å². The fourth-order valence-corrected chi connectivity index (χ4v) is 6.59. The molecule has 2 N–H and O–H groups in total. The molecular weight excluding hydrogens is 336 g/mol. The van der Waals surface area contributed by atoms with Crippen LogP contribution < -0.4 is 5.32 Å². The van der Waals surface area contributed by atoms with Crippen molar-refractivity contribution >= 4 is 17.7 Å². The third-order valence-corrected chi connectivity index (χ3v) is 7.34. The Morgan fingerprint density at radius 3 is 2.60 bits per heavy atom. The minimum atomic E-state index is 0.0442. The zero-order chi connectivity index (χ0) is 16.9. The van der Waals surface area contributed by atoms with Crippen molar-refractivity contribution in [3.05, 3.63) is 5.82 Å². The van der Waals surface area contributed by atoms with E-state index in [1.54, 1.807) is 0 Å². The van der Waals surface area contributed by atoms with E-state index in [1.807, 2.05) is 0 Å². The summed E-state index contributed by atoms with van der Waals surface area (Å²) in [5.74, 6) is 3.87. The second-order valence-corrected chi connectivity index (χ2v) is 9.48. The molecule has 1 saturated heterocycles. The maximum Gasteiger partial charge on any atom is 0.230 e. The molecule has 25 heavy (non-hydrogen) atoms. The maximum absolute atomic E-state index is 12.5. The summed E-state index contributed by atoms with van der Waals surface area (Å²) in [5, 5.41) is 11.2. The van der Waals surface area contributed by atoms with Gasteiger partial charge in [-0.2, -0.15) is 0 Å². The van der Waals surface area contributed by atoms with Crippen LogP contribution in [0.2, 0.25) is 0 Å². The number of rotatable bonds is 5. The summed E-state index contributed by atoms with van der Waals surface area (Å²) >= 11 is 1.42. The normalized spacial score (nSPS) is 39.0. The molecular formula is C18H26N4O2S. The van der Waals surface area contributed by atoms with E-state index in [2.05, 4.69) is 20.5 Å². The lowest BCUT2D eigenvalue weighted by atomic mass is 9.53. The number of nitrogens with zero attached hydrogens (tertiary/aromatic N) is 2. The van der Waals surface area contributed by atoms with Crippen molar-refractivity contribution in [1.29, 1.82) is 0 Å². The van der Waals surface area contributed by atoms with Gasteiger partial charge >= 0.3 is 0 Å². The van der Waals surface area contributed by atoms with Crippen molar-refractivity contribution in [2.75, 3.05) is 12.4 Å². The highest BCUT2D eigenvalue weighted by Crippen LogP contribution is 2.55. The van der Waals surface area contributed by atoms with E-state index in [0.29, 0.717) is 10.9 Å². The average Bonchev–Trinajstić information content (AvgIpc) is 3.22. The quantitative estimate of drug-likeness (QED) is 0.788. The molecule has 7 heteroatoms. The van der Waals surface area contributed by atoms with E-state index in [1.165, 1.54) is 50.3 Å². The van der Waals surface area contributed by atoms with Gasteiger partial charge in [0.05, 0.1) is 5.75 Å². The second-order valence-electron chi connectivity index (χ2n) is 8.54. The Morgan fingerprint density at radius 2 is 1.96 bits per heavy atom. The Morgan fingerprint density at radius 1 is 1.24 bits per heavy atom. The van der Waals surface area contributed by atoms with E-state index >= 15 is 0 Å². The fourth-order valence-electron chi connectivity index (χ4n) is 5.99. The number of H-pyrrole nitrogens is 1. The van der Waals surface area contributed by atoms with Crippen LogP contribution in [0.1, 0.15) is 63.3 Å². The zero-order valence-corrected chi connectivity index (χ0v) is 15.3. The molecule has 1 aromatic rings. The van der Waals surface area contributed by atoms with Crippen LogP contribution in [0.5, 0.6) is 0 Å². The van der Waals surface area contributed by atoms with Crippen molar-refractivity contribution in [3.8, 4) is 0 Å². The first-order valence-electron chi connectivity index (χ1n) is 9.65. The standard InChI is InChI=1S/C18H26N4O2S/c23-15(10-25-17-19-16(21-22-17)14-2-1-3-24-14)20-18-7-11-4-12(8-18)6-13(5-11)9-18/h11-14H,1-10H2,(H,20,23)(H,19,21,22)/t11?,12?,13?,14-,18?/m1/s1. The van der Waals surface area contributed by atoms with E-state index in [4.69, 9.17) is 4.74 Å². The summed E-state index contributed by atoms with van der Waals surface area (Å²) in [4.78, 5) is 17.0. The molecule has 0 spiro atoms. The number of nitrogens with one attached hydrogen (secondary N) is 2. The van der Waals surface area contributed by atoms with Crippen LogP contribution in [0, 0.1) is 17.8 Å². The highest BCUT2D eigenvalue weighted by Gasteiger charge is 2.51. The highest BCUT2D eigenvalue weighted by molar-refractivity contribution is 7.99. The van der Waals surface area contributed by atoms with Crippen LogP contribution in [-0.2, 0) is 9.53 Å². The zero-order valence-electron chi connectivity index (χ0n) is 14.5. The first-order chi connectivity index (χ1) is 12.2. The number of aromatic nitrogens is 3. The summed E-state index contributed by atoms with van der Waals surface area (Å²) in [6.07, 6.45) is 9.88. The summed E-state index contributed by atoms with van der Waals surface area (Å²) < 4.78 is 5.61. The van der Waals surface area contributed by atoms with Crippen molar-refractivity contribution in [1.82, 2.24) is 20.5 Å². The minimum absolute atomic E-state index is 0.0442. The average molecular weight is 362 g/mol. The van der Waals surface area contributed by atoms with Crippen LogP contribution in [-0.4, -0.2) is 39.0 Å². The molecule has 6 nitrogen and oxygen atoms in total. The van der Waals surface area contributed by atoms with E-state index < -0.39 is 0 Å². The van der Waals surface area contributed by atoms with Gasteiger partial charge in [-0.25, -0.2) is 4.98 Å². The van der Waals surface area contributed by atoms with Gasteiger partial charge in [-0.1, -0.05) is 11.8 Å². The lowest BCUT2D eigenvalue weighted by Gasteiger charge is -2.56. The molecule has 6 rings (SSSR count). The van der Waals surface area contributed by atoms with Gasteiger partial charge < -0.3 is 10.1 Å². The molecule has 1 aromatic heterocycles. The molecule has 5 aliphatic rings. The molecule has 4 aliphatic carbocycles. The summed E-state index contributed by atoms with van der Waals surface area (Å²) in [5.41, 5.74) is 0.0915. The molecule has 1 aliphatic heterocycles. The van der Waals surface area contributed by atoms with Gasteiger partial charge in [0.25, 0.3) is 0 Å². The number of carbonyl (C=O) groups is 1. The Balaban J connectivity index is 1.16. The Bertz CT molecular complexity index is 620. The third-order valence-electron chi connectivity index (χ3n) is 6.49. The molecule has 5 fully saturated rings. The predicted molar refractivity (Wildman–Crippen MR) is 94.1 cm³/mol. The maximum atomic E-state index is 12.5. The Hall–Kier alpha value is -1.08. The fraction of sp³-hybridized carbons (Fsp3) is 0.833. The van der Waals surface area contributed by atoms with Crippen molar-refractivity contribution in [2.45, 2.75) is 68.2 Å². The van der Waals surface area contributed by atoms with Gasteiger partial charge in [0.1, 0.15) is 6.10 Å². The van der Waals surface area contributed by atoms with Crippen LogP contribution >= 0.6 is 11.8 Å². The van der Waals surface area contributed by atoms with Crippen molar-refractivity contribution in [2.24, 2.45) is 17.8 Å². The van der Waals surface area contributed by atoms with E-state index in [0.717, 1.165) is 43.0 Å². The minimum Gasteiger partial charge on any atom is -0.370 e. The summed E-state index contributed by atoms with van der Waals surface area (Å²) in [6, 6.07) is 0. The number of hydrogen-bond donors (Lipinski definition) is 2. The van der Waals surface area contributed by atoms with Crippen LogP contribution in [0.4, 0.5) is 0 Å². The topological polar surface area (TPSA) is 79.9 Å². The molecule has 0 aromatic carbocycles. The number of amides is 1. The summed E-state index contributed by atoms with van der Waals surface area (Å²) in [6.45, 7) is 0.793. The molecule has 0 unspecified atom stereocenters. The summed E-state index contributed by atoms with van der Waals surface area (Å²) in [7, 11) is 0. The number of aromatic amines is 1. The first-order valence-corrected chi connectivity index (χ1v) is 10.6. The smallest absolute Gasteiger partial charge is 0.230 e. The number of hydrogen-bond acceptors (Lipinski definition) is 5. The first kappa shape index (κ1) is 16.1. The molecule has 2 heterocycles. The van der Waals surface area contributed by atoms with Gasteiger partial charge in [-0.15, -0.1) is 5.10 Å². The Labute approximate surface area is 152 Å². The van der Waals surface area contributed by atoms with Gasteiger partial charge in [0.2, 0.25) is 11.1 Å². The molecule has 1 amide bonds. The lowest BCUT2D eigenvalue weighted by Crippen LogP contribution is -2.60. The molecule has 1 atom stereocenters. The second kappa shape index (κ2) is 6.27. The van der Waals surface area contributed by atoms with E-state index in [9.17, 15) is 4.79 Å². The van der Waals surface area contributed by atoms with Crippen LogP contribution in [0.25, 0.3) is 0 Å². The van der Waals surface area contributed by atoms with Gasteiger partial charge in [0, 0.05) is 12.1 Å². The largest absolute Gasteiger partial charge is 0.370 e. The number of thioether (sulfide) groups is 1. The molecule has 136 valence electrons. The SMILES string of the molecule is O=C(CSc1n[nH]c([C@H]2CCCO2)n1)NC12CC3CC(CC(C3)C1)C2. The highest BCUT2D eigenvalue weighted by atomic mass is 32.2. The van der Waals surface area contributed by atoms with Crippen LogP contribution in [0.15, 0.2) is 5.16 Å². The number of ether oxygens (including phenoxy) is 1. The van der Waals surface area contributed by atoms with Crippen molar-refractivity contribution < 1.29 is 9.53 Å². The monoisotopic (exact) mass is 362 g/mol. The Kier molecular flexibility index (Phi) is 4.04. The van der Waals surface area contributed by atoms with E-state index in [-0.39, 0.29) is 17.6 Å². The molecule has 4 bridgehead atoms. The van der Waals surface area contributed by atoms with Gasteiger partial charge in [-0.05, 0) is 69.1 Å². The molecule has 0 radical (unpaired) electrons. The third kappa shape index (κ3) is 3.21.